The molecule has 0 saturated carbocycles. The van der Waals surface area contributed by atoms with Crippen LogP contribution in [0.1, 0.15) is 6.92 Å². The van der Waals surface area contributed by atoms with Crippen LogP contribution in [0.3, 0.4) is 0 Å². The Hall–Kier alpha value is -2.22. The summed E-state index contributed by atoms with van der Waals surface area (Å²) in [6.45, 7) is 2.46. The molecular weight excluding hydrogens is 248 g/mol. The maximum absolute atomic E-state index is 11.8. The van der Waals surface area contributed by atoms with Crippen molar-refractivity contribution in [2.24, 2.45) is 0 Å². The SMILES string of the molecule is COCC(C)NC(=O)Cn1cnc2c(N)ncnc21. The zero-order valence-corrected chi connectivity index (χ0v) is 10.8. The normalized spacial score (nSPS) is 12.5. The van der Waals surface area contributed by atoms with Crippen LogP contribution in [0, 0.1) is 0 Å². The third-order valence-electron chi connectivity index (χ3n) is 2.57. The van der Waals surface area contributed by atoms with Crippen molar-refractivity contribution in [1.29, 1.82) is 0 Å². The Bertz CT molecular complexity index is 582. The molecule has 2 aromatic heterocycles. The third kappa shape index (κ3) is 2.97. The number of ether oxygens (including phenoxy) is 1. The molecule has 0 aliphatic rings. The van der Waals surface area contributed by atoms with E-state index in [4.69, 9.17) is 10.5 Å². The van der Waals surface area contributed by atoms with Gasteiger partial charge in [0.1, 0.15) is 18.4 Å². The number of nitrogens with one attached hydrogen (secondary N) is 1. The largest absolute Gasteiger partial charge is 0.383 e. The van der Waals surface area contributed by atoms with E-state index in [2.05, 4.69) is 20.3 Å². The van der Waals surface area contributed by atoms with E-state index in [1.807, 2.05) is 6.92 Å². The molecule has 102 valence electrons. The van der Waals surface area contributed by atoms with Gasteiger partial charge in [0.05, 0.1) is 12.9 Å². The summed E-state index contributed by atoms with van der Waals surface area (Å²) >= 11 is 0. The molecule has 0 aromatic carbocycles. The molecule has 1 unspecified atom stereocenters. The molecule has 3 N–H and O–H groups in total. The van der Waals surface area contributed by atoms with E-state index >= 15 is 0 Å². The van der Waals surface area contributed by atoms with Gasteiger partial charge < -0.3 is 20.4 Å². The van der Waals surface area contributed by atoms with Crippen LogP contribution in [0.15, 0.2) is 12.7 Å². The number of methoxy groups -OCH3 is 1. The van der Waals surface area contributed by atoms with Gasteiger partial charge in [-0.2, -0.15) is 0 Å². The summed E-state index contributed by atoms with van der Waals surface area (Å²) in [7, 11) is 1.59. The van der Waals surface area contributed by atoms with Gasteiger partial charge in [-0.15, -0.1) is 0 Å². The van der Waals surface area contributed by atoms with E-state index in [0.717, 1.165) is 0 Å². The first kappa shape index (κ1) is 13.2. The second-order valence-electron chi connectivity index (χ2n) is 4.23. The summed E-state index contributed by atoms with van der Waals surface area (Å²) in [5.41, 5.74) is 6.72. The number of aromatic nitrogens is 4. The highest BCUT2D eigenvalue weighted by Gasteiger charge is 2.12. The summed E-state index contributed by atoms with van der Waals surface area (Å²) < 4.78 is 6.58. The Morgan fingerprint density at radius 2 is 2.32 bits per heavy atom. The summed E-state index contributed by atoms with van der Waals surface area (Å²) in [6, 6.07) is -0.0491. The van der Waals surface area contributed by atoms with Crippen LogP contribution in [-0.2, 0) is 16.1 Å². The van der Waals surface area contributed by atoms with Crippen molar-refractivity contribution in [2.45, 2.75) is 19.5 Å². The number of hydrogen-bond acceptors (Lipinski definition) is 6. The van der Waals surface area contributed by atoms with E-state index in [1.165, 1.54) is 12.7 Å². The molecule has 0 fully saturated rings. The average molecular weight is 264 g/mol. The predicted molar refractivity (Wildman–Crippen MR) is 69.2 cm³/mol. The molecule has 1 amide bonds. The van der Waals surface area contributed by atoms with Crippen LogP contribution in [0.4, 0.5) is 5.82 Å². The molecule has 0 saturated heterocycles. The zero-order chi connectivity index (χ0) is 13.8. The summed E-state index contributed by atoms with van der Waals surface area (Å²) in [5.74, 6) is 0.165. The highest BCUT2D eigenvalue weighted by atomic mass is 16.5. The van der Waals surface area contributed by atoms with E-state index < -0.39 is 0 Å². The van der Waals surface area contributed by atoms with Gasteiger partial charge in [0.25, 0.3) is 0 Å². The zero-order valence-electron chi connectivity index (χ0n) is 10.8. The van der Waals surface area contributed by atoms with E-state index in [0.29, 0.717) is 23.6 Å². The molecule has 2 rings (SSSR count). The minimum Gasteiger partial charge on any atom is -0.383 e. The minimum absolute atomic E-state index is 0.0491. The molecule has 2 heterocycles. The van der Waals surface area contributed by atoms with Gasteiger partial charge in [-0.05, 0) is 6.92 Å². The molecule has 0 bridgehead atoms. The first-order valence-corrected chi connectivity index (χ1v) is 5.81. The Balaban J connectivity index is 2.09. The lowest BCUT2D eigenvalue weighted by Gasteiger charge is -2.12. The van der Waals surface area contributed by atoms with Crippen molar-refractivity contribution in [3.8, 4) is 0 Å². The van der Waals surface area contributed by atoms with Crippen LogP contribution < -0.4 is 11.1 Å². The quantitative estimate of drug-likeness (QED) is 0.758. The van der Waals surface area contributed by atoms with E-state index in [1.54, 1.807) is 11.7 Å². The van der Waals surface area contributed by atoms with Gasteiger partial charge in [-0.25, -0.2) is 15.0 Å². The molecular formula is C11H16N6O2. The fourth-order valence-electron chi connectivity index (χ4n) is 1.78. The van der Waals surface area contributed by atoms with Crippen LogP contribution in [-0.4, -0.2) is 45.2 Å². The van der Waals surface area contributed by atoms with Gasteiger partial charge in [0.15, 0.2) is 11.5 Å². The van der Waals surface area contributed by atoms with E-state index in [-0.39, 0.29) is 18.5 Å². The highest BCUT2D eigenvalue weighted by molar-refractivity contribution is 5.83. The number of nitrogen functional groups attached to an aromatic ring is 1. The van der Waals surface area contributed by atoms with Crippen LogP contribution in [0.25, 0.3) is 11.2 Å². The number of imidazole rings is 1. The topological polar surface area (TPSA) is 108 Å². The lowest BCUT2D eigenvalue weighted by Crippen LogP contribution is -2.37. The van der Waals surface area contributed by atoms with Gasteiger partial charge in [0.2, 0.25) is 5.91 Å². The molecule has 0 radical (unpaired) electrons. The van der Waals surface area contributed by atoms with Gasteiger partial charge in [0, 0.05) is 13.2 Å². The van der Waals surface area contributed by atoms with Crippen molar-refractivity contribution in [3.05, 3.63) is 12.7 Å². The maximum atomic E-state index is 11.8. The highest BCUT2D eigenvalue weighted by Crippen LogP contribution is 2.13. The average Bonchev–Trinajstić information content (AvgIpc) is 2.74. The Morgan fingerprint density at radius 1 is 1.53 bits per heavy atom. The van der Waals surface area contributed by atoms with Crippen LogP contribution in [0.2, 0.25) is 0 Å². The molecule has 19 heavy (non-hydrogen) atoms. The molecule has 0 aliphatic heterocycles. The summed E-state index contributed by atoms with van der Waals surface area (Å²) in [4.78, 5) is 23.9. The van der Waals surface area contributed by atoms with Crippen molar-refractivity contribution in [2.75, 3.05) is 19.5 Å². The van der Waals surface area contributed by atoms with Crippen molar-refractivity contribution < 1.29 is 9.53 Å². The molecule has 8 nitrogen and oxygen atoms in total. The number of hydrogen-bond donors (Lipinski definition) is 2. The molecule has 2 aromatic rings. The Labute approximate surface area is 110 Å². The first-order valence-electron chi connectivity index (χ1n) is 5.81. The van der Waals surface area contributed by atoms with Crippen LogP contribution in [0.5, 0.6) is 0 Å². The Morgan fingerprint density at radius 3 is 3.05 bits per heavy atom. The number of amides is 1. The predicted octanol–water partition coefficient (Wildman–Crippen LogP) is -0.440. The fraction of sp³-hybridized carbons (Fsp3) is 0.455. The van der Waals surface area contributed by atoms with Crippen molar-refractivity contribution in [3.63, 3.8) is 0 Å². The fourth-order valence-corrected chi connectivity index (χ4v) is 1.78. The monoisotopic (exact) mass is 264 g/mol. The smallest absolute Gasteiger partial charge is 0.240 e. The number of rotatable bonds is 5. The third-order valence-corrected chi connectivity index (χ3v) is 2.57. The number of carbonyl (C=O) groups is 1. The van der Waals surface area contributed by atoms with Gasteiger partial charge in [-0.3, -0.25) is 4.79 Å². The second kappa shape index (κ2) is 5.61. The first-order chi connectivity index (χ1) is 9.11. The maximum Gasteiger partial charge on any atom is 0.240 e. The molecule has 0 aliphatic carbocycles. The second-order valence-corrected chi connectivity index (χ2v) is 4.23. The number of nitrogens with two attached hydrogens (primary N) is 1. The standard InChI is InChI=1S/C11H16N6O2/c1-7(4-19-2)16-8(18)3-17-6-15-9-10(12)13-5-14-11(9)17/h5-7H,3-4H2,1-2H3,(H,16,18)(H2,12,13,14). The minimum atomic E-state index is -0.138. The molecule has 0 spiro atoms. The Kier molecular flexibility index (Phi) is 3.91. The number of carbonyl (C=O) groups excluding carboxylic acids is 1. The van der Waals surface area contributed by atoms with Crippen molar-refractivity contribution in [1.82, 2.24) is 24.8 Å². The van der Waals surface area contributed by atoms with Gasteiger partial charge in [-0.1, -0.05) is 0 Å². The lowest BCUT2D eigenvalue weighted by molar-refractivity contribution is -0.122. The molecule has 8 heteroatoms. The van der Waals surface area contributed by atoms with E-state index in [9.17, 15) is 4.79 Å². The number of anilines is 1. The van der Waals surface area contributed by atoms with Crippen molar-refractivity contribution >= 4 is 22.9 Å². The number of fused-ring (bicyclic) bond motifs is 1. The summed E-state index contributed by atoms with van der Waals surface area (Å²) in [6.07, 6.45) is 2.87. The summed E-state index contributed by atoms with van der Waals surface area (Å²) in [5, 5.41) is 2.81. The lowest BCUT2D eigenvalue weighted by atomic mass is 10.3. The molecule has 1 atom stereocenters. The van der Waals surface area contributed by atoms with Gasteiger partial charge >= 0.3 is 0 Å². The van der Waals surface area contributed by atoms with Crippen LogP contribution >= 0.6 is 0 Å². The number of nitrogens with zero attached hydrogens (tertiary/aromatic N) is 4.